The Labute approximate surface area is 137 Å². The van der Waals surface area contributed by atoms with Crippen molar-refractivity contribution < 1.29 is 14.3 Å². The molecule has 1 aromatic carbocycles. The zero-order valence-corrected chi connectivity index (χ0v) is 14.0. The number of hydrogen-bond donors (Lipinski definition) is 2. The zero-order valence-electron chi connectivity index (χ0n) is 14.0. The Hall–Kier alpha value is -1.92. The van der Waals surface area contributed by atoms with Gasteiger partial charge in [0.05, 0.1) is 18.1 Å². The number of ether oxygens (including phenoxy) is 1. The maximum Gasteiger partial charge on any atom is 0.337 e. The molecule has 0 spiro atoms. The second kappa shape index (κ2) is 7.57. The molecular weight excluding hydrogens is 294 g/mol. The molecule has 0 atom stereocenters. The second-order valence-electron chi connectivity index (χ2n) is 6.29. The first-order chi connectivity index (χ1) is 11.0. The van der Waals surface area contributed by atoms with E-state index in [1.807, 2.05) is 14.1 Å². The van der Waals surface area contributed by atoms with Gasteiger partial charge in [-0.15, -0.1) is 0 Å². The van der Waals surface area contributed by atoms with E-state index in [9.17, 15) is 9.59 Å². The Morgan fingerprint density at radius 3 is 2.61 bits per heavy atom. The van der Waals surface area contributed by atoms with Gasteiger partial charge >= 0.3 is 5.97 Å². The van der Waals surface area contributed by atoms with Crippen molar-refractivity contribution in [2.45, 2.75) is 12.8 Å². The summed E-state index contributed by atoms with van der Waals surface area (Å²) >= 11 is 0. The lowest BCUT2D eigenvalue weighted by Gasteiger charge is -2.38. The van der Waals surface area contributed by atoms with Crippen molar-refractivity contribution in [3.63, 3.8) is 0 Å². The van der Waals surface area contributed by atoms with E-state index in [1.54, 1.807) is 24.3 Å². The number of esters is 1. The van der Waals surface area contributed by atoms with Gasteiger partial charge in [0.15, 0.2) is 0 Å². The lowest BCUT2D eigenvalue weighted by Crippen LogP contribution is -2.50. The highest BCUT2D eigenvalue weighted by molar-refractivity contribution is 5.97. The van der Waals surface area contributed by atoms with Crippen LogP contribution in [0.15, 0.2) is 24.3 Å². The van der Waals surface area contributed by atoms with Gasteiger partial charge < -0.3 is 20.3 Å². The van der Waals surface area contributed by atoms with E-state index in [2.05, 4.69) is 15.5 Å². The molecule has 0 aliphatic carbocycles. The van der Waals surface area contributed by atoms with Crippen LogP contribution in [0.5, 0.6) is 0 Å². The normalized spacial score (nSPS) is 16.9. The highest BCUT2D eigenvalue weighted by Crippen LogP contribution is 2.31. The molecule has 0 aromatic heterocycles. The van der Waals surface area contributed by atoms with Crippen LogP contribution in [0.3, 0.4) is 0 Å². The largest absolute Gasteiger partial charge is 0.465 e. The summed E-state index contributed by atoms with van der Waals surface area (Å²) in [5.41, 5.74) is 0.641. The lowest BCUT2D eigenvalue weighted by molar-refractivity contribution is -0.128. The average Bonchev–Trinajstić information content (AvgIpc) is 2.54. The van der Waals surface area contributed by atoms with E-state index in [1.165, 1.54) is 7.11 Å². The minimum Gasteiger partial charge on any atom is -0.465 e. The van der Waals surface area contributed by atoms with Crippen LogP contribution in [0.4, 0.5) is 5.69 Å². The van der Waals surface area contributed by atoms with Crippen LogP contribution >= 0.6 is 0 Å². The van der Waals surface area contributed by atoms with Crippen molar-refractivity contribution in [1.29, 1.82) is 0 Å². The first-order valence-corrected chi connectivity index (χ1v) is 7.82. The van der Waals surface area contributed by atoms with Crippen LogP contribution in [0.1, 0.15) is 23.2 Å². The molecule has 1 amide bonds. The van der Waals surface area contributed by atoms with E-state index in [-0.39, 0.29) is 5.91 Å². The molecule has 1 aliphatic heterocycles. The molecule has 0 radical (unpaired) electrons. The van der Waals surface area contributed by atoms with Gasteiger partial charge in [-0.1, -0.05) is 6.07 Å². The first-order valence-electron chi connectivity index (χ1n) is 7.82. The van der Waals surface area contributed by atoms with Crippen molar-refractivity contribution in [3.05, 3.63) is 29.8 Å². The summed E-state index contributed by atoms with van der Waals surface area (Å²) in [6.07, 6.45) is 1.60. The maximum absolute atomic E-state index is 12.9. The minimum absolute atomic E-state index is 0.00900. The standard InChI is InChI=1S/C17H25N3O3/c1-20(2)12-17(7-9-18-10-8-17)16(22)19-14-6-4-5-13(11-14)15(21)23-3/h4-6,11,18H,7-10,12H2,1-3H3,(H,19,22). The van der Waals surface area contributed by atoms with Crippen LogP contribution in [-0.4, -0.2) is 57.6 Å². The number of rotatable bonds is 5. The maximum atomic E-state index is 12.9. The predicted molar refractivity (Wildman–Crippen MR) is 89.5 cm³/mol. The number of nitrogens with one attached hydrogen (secondary N) is 2. The summed E-state index contributed by atoms with van der Waals surface area (Å²) < 4.78 is 4.72. The van der Waals surface area contributed by atoms with E-state index in [0.717, 1.165) is 25.9 Å². The molecule has 6 nitrogen and oxygen atoms in total. The number of anilines is 1. The highest BCUT2D eigenvalue weighted by atomic mass is 16.5. The van der Waals surface area contributed by atoms with Crippen LogP contribution in [-0.2, 0) is 9.53 Å². The molecule has 1 aromatic rings. The van der Waals surface area contributed by atoms with Gasteiger partial charge in [0, 0.05) is 12.2 Å². The quantitative estimate of drug-likeness (QED) is 0.802. The number of benzene rings is 1. The van der Waals surface area contributed by atoms with Gasteiger partial charge in [-0.2, -0.15) is 0 Å². The smallest absolute Gasteiger partial charge is 0.337 e. The fourth-order valence-corrected chi connectivity index (χ4v) is 3.07. The van der Waals surface area contributed by atoms with Crippen molar-refractivity contribution in [3.8, 4) is 0 Å². The molecule has 23 heavy (non-hydrogen) atoms. The van der Waals surface area contributed by atoms with Gasteiger partial charge in [-0.25, -0.2) is 4.79 Å². The van der Waals surface area contributed by atoms with Crippen molar-refractivity contribution in [1.82, 2.24) is 10.2 Å². The van der Waals surface area contributed by atoms with Crippen molar-refractivity contribution in [2.75, 3.05) is 46.2 Å². The molecule has 126 valence electrons. The molecule has 2 N–H and O–H groups in total. The van der Waals surface area contributed by atoms with Gasteiger partial charge in [0.2, 0.25) is 5.91 Å². The number of hydrogen-bond acceptors (Lipinski definition) is 5. The lowest BCUT2D eigenvalue weighted by atomic mass is 9.77. The van der Waals surface area contributed by atoms with E-state index < -0.39 is 11.4 Å². The summed E-state index contributed by atoms with van der Waals surface area (Å²) in [4.78, 5) is 26.6. The molecule has 1 fully saturated rings. The monoisotopic (exact) mass is 319 g/mol. The molecule has 2 rings (SSSR count). The SMILES string of the molecule is COC(=O)c1cccc(NC(=O)C2(CN(C)C)CCNCC2)c1. The van der Waals surface area contributed by atoms with Crippen molar-refractivity contribution in [2.24, 2.45) is 5.41 Å². The van der Waals surface area contributed by atoms with Gasteiger partial charge in [-0.3, -0.25) is 4.79 Å². The molecule has 1 heterocycles. The molecular formula is C17H25N3O3. The van der Waals surface area contributed by atoms with Crippen molar-refractivity contribution >= 4 is 17.6 Å². The Balaban J connectivity index is 2.16. The number of nitrogens with zero attached hydrogens (tertiary/aromatic N) is 1. The second-order valence-corrected chi connectivity index (χ2v) is 6.29. The minimum atomic E-state index is -0.411. The number of carbonyl (C=O) groups is 2. The molecule has 0 unspecified atom stereocenters. The van der Waals surface area contributed by atoms with E-state index in [0.29, 0.717) is 17.8 Å². The van der Waals surface area contributed by atoms with Gasteiger partial charge in [0.1, 0.15) is 0 Å². The Morgan fingerprint density at radius 2 is 2.00 bits per heavy atom. The molecule has 0 saturated carbocycles. The summed E-state index contributed by atoms with van der Waals surface area (Å²) in [5, 5.41) is 6.28. The molecule has 1 aliphatic rings. The average molecular weight is 319 g/mol. The summed E-state index contributed by atoms with van der Waals surface area (Å²) in [7, 11) is 5.30. The highest BCUT2D eigenvalue weighted by Gasteiger charge is 2.39. The van der Waals surface area contributed by atoms with Crippen LogP contribution in [0, 0.1) is 5.41 Å². The van der Waals surface area contributed by atoms with Gasteiger partial charge in [-0.05, 0) is 58.2 Å². The van der Waals surface area contributed by atoms with Crippen LogP contribution < -0.4 is 10.6 Å². The topological polar surface area (TPSA) is 70.7 Å². The van der Waals surface area contributed by atoms with E-state index in [4.69, 9.17) is 4.74 Å². The van der Waals surface area contributed by atoms with E-state index >= 15 is 0 Å². The van der Waals surface area contributed by atoms with Crippen LogP contribution in [0.25, 0.3) is 0 Å². The molecule has 0 bridgehead atoms. The zero-order chi connectivity index (χ0) is 16.9. The van der Waals surface area contributed by atoms with Crippen LogP contribution in [0.2, 0.25) is 0 Å². The Morgan fingerprint density at radius 1 is 1.30 bits per heavy atom. The third-order valence-electron chi connectivity index (χ3n) is 4.20. The van der Waals surface area contributed by atoms with Gasteiger partial charge in [0.25, 0.3) is 0 Å². The third kappa shape index (κ3) is 4.30. The number of methoxy groups -OCH3 is 1. The molecule has 6 heteroatoms. The third-order valence-corrected chi connectivity index (χ3v) is 4.20. The molecule has 1 saturated heterocycles. The fraction of sp³-hybridized carbons (Fsp3) is 0.529. The number of piperidine rings is 1. The number of carbonyl (C=O) groups excluding carboxylic acids is 2. The Kier molecular flexibility index (Phi) is 5.74. The Bertz CT molecular complexity index is 566. The predicted octanol–water partition coefficient (Wildman–Crippen LogP) is 1.34. The first kappa shape index (κ1) is 17.4. The summed E-state index contributed by atoms with van der Waals surface area (Å²) in [5.74, 6) is -0.402. The fourth-order valence-electron chi connectivity index (χ4n) is 3.07. The summed E-state index contributed by atoms with van der Waals surface area (Å²) in [6.45, 7) is 2.38. The summed E-state index contributed by atoms with van der Waals surface area (Å²) in [6, 6.07) is 6.84. The number of amides is 1.